The van der Waals surface area contributed by atoms with Crippen LogP contribution in [0.1, 0.15) is 20.3 Å². The van der Waals surface area contributed by atoms with Gasteiger partial charge in [0.05, 0.1) is 0 Å². The van der Waals surface area contributed by atoms with E-state index < -0.39 is 0 Å². The predicted molar refractivity (Wildman–Crippen MR) is 36.2 cm³/mol. The number of nitrogens with two attached hydrogens (primary N) is 1. The van der Waals surface area contributed by atoms with E-state index >= 15 is 0 Å². The second kappa shape index (κ2) is 3.61. The SMILES string of the molecule is CC(=N)C(C)CCN. The van der Waals surface area contributed by atoms with Crippen molar-refractivity contribution in [2.75, 3.05) is 6.54 Å². The molecule has 0 rings (SSSR count). The molecular formula is C6H14N2. The third-order valence-electron chi connectivity index (χ3n) is 1.34. The first kappa shape index (κ1) is 7.63. The molecule has 0 aromatic rings. The fraction of sp³-hybridized carbons (Fsp3) is 0.833. The van der Waals surface area contributed by atoms with Crippen LogP contribution in [0.3, 0.4) is 0 Å². The van der Waals surface area contributed by atoms with E-state index in [9.17, 15) is 0 Å². The van der Waals surface area contributed by atoms with Crippen molar-refractivity contribution >= 4 is 5.71 Å². The van der Waals surface area contributed by atoms with E-state index in [2.05, 4.69) is 0 Å². The van der Waals surface area contributed by atoms with Gasteiger partial charge in [0.2, 0.25) is 0 Å². The maximum absolute atomic E-state index is 7.15. The fourth-order valence-corrected chi connectivity index (χ4v) is 0.467. The molecule has 48 valence electrons. The third-order valence-corrected chi connectivity index (χ3v) is 1.34. The quantitative estimate of drug-likeness (QED) is 0.528. The molecule has 0 aliphatic rings. The largest absolute Gasteiger partial charge is 0.330 e. The lowest BCUT2D eigenvalue weighted by Gasteiger charge is -2.05. The molecule has 0 amide bonds. The molecule has 8 heavy (non-hydrogen) atoms. The maximum Gasteiger partial charge on any atom is 0.00868 e. The van der Waals surface area contributed by atoms with Crippen LogP contribution in [0.25, 0.3) is 0 Å². The number of hydrogen-bond donors (Lipinski definition) is 2. The molecule has 0 aliphatic carbocycles. The average Bonchev–Trinajstić information content (AvgIpc) is 1.67. The average molecular weight is 114 g/mol. The summed E-state index contributed by atoms with van der Waals surface area (Å²) >= 11 is 0. The van der Waals surface area contributed by atoms with Crippen LogP contribution in [-0.4, -0.2) is 12.3 Å². The van der Waals surface area contributed by atoms with E-state index in [-0.39, 0.29) is 0 Å². The Morgan fingerprint density at radius 3 is 2.38 bits per heavy atom. The summed E-state index contributed by atoms with van der Waals surface area (Å²) in [6, 6.07) is 0. The molecule has 0 saturated heterocycles. The van der Waals surface area contributed by atoms with Crippen molar-refractivity contribution in [1.29, 1.82) is 5.41 Å². The Hall–Kier alpha value is -0.370. The van der Waals surface area contributed by atoms with E-state index in [4.69, 9.17) is 11.1 Å². The minimum Gasteiger partial charge on any atom is -0.330 e. The highest BCUT2D eigenvalue weighted by Gasteiger charge is 1.99. The zero-order chi connectivity index (χ0) is 6.57. The summed E-state index contributed by atoms with van der Waals surface area (Å²) in [5.74, 6) is 0.375. The standard InChI is InChI=1S/C6H14N2/c1-5(3-4-7)6(2)8/h5,8H,3-4,7H2,1-2H3. The Morgan fingerprint density at radius 1 is 1.75 bits per heavy atom. The second-order valence-electron chi connectivity index (χ2n) is 2.16. The van der Waals surface area contributed by atoms with Crippen LogP contribution in [-0.2, 0) is 0 Å². The zero-order valence-electron chi connectivity index (χ0n) is 5.57. The molecule has 2 nitrogen and oxygen atoms in total. The van der Waals surface area contributed by atoms with Crippen molar-refractivity contribution in [3.05, 3.63) is 0 Å². The number of hydrogen-bond acceptors (Lipinski definition) is 2. The van der Waals surface area contributed by atoms with Gasteiger partial charge in [-0.15, -0.1) is 0 Å². The molecule has 3 N–H and O–H groups in total. The molecular weight excluding hydrogens is 100 g/mol. The van der Waals surface area contributed by atoms with Crippen molar-refractivity contribution in [1.82, 2.24) is 0 Å². The van der Waals surface area contributed by atoms with E-state index in [0.717, 1.165) is 12.1 Å². The predicted octanol–water partition coefficient (Wildman–Crippen LogP) is 1.01. The molecule has 0 heterocycles. The minimum absolute atomic E-state index is 0.375. The maximum atomic E-state index is 7.15. The summed E-state index contributed by atoms with van der Waals surface area (Å²) in [5, 5.41) is 7.15. The zero-order valence-corrected chi connectivity index (χ0v) is 5.57. The molecule has 0 aromatic carbocycles. The van der Waals surface area contributed by atoms with E-state index in [1.165, 1.54) is 0 Å². The first-order chi connectivity index (χ1) is 3.68. The highest BCUT2D eigenvalue weighted by atomic mass is 14.5. The highest BCUT2D eigenvalue weighted by Crippen LogP contribution is 1.99. The smallest absolute Gasteiger partial charge is 0.00868 e. The van der Waals surface area contributed by atoms with Crippen molar-refractivity contribution in [2.24, 2.45) is 11.7 Å². The molecule has 0 bridgehead atoms. The van der Waals surface area contributed by atoms with Crippen LogP contribution >= 0.6 is 0 Å². The lowest BCUT2D eigenvalue weighted by atomic mass is 10.0. The molecule has 1 atom stereocenters. The van der Waals surface area contributed by atoms with Gasteiger partial charge in [-0.3, -0.25) is 0 Å². The minimum atomic E-state index is 0.375. The fourth-order valence-electron chi connectivity index (χ4n) is 0.467. The highest BCUT2D eigenvalue weighted by molar-refractivity contribution is 5.80. The van der Waals surface area contributed by atoms with Gasteiger partial charge >= 0.3 is 0 Å². The second-order valence-corrected chi connectivity index (χ2v) is 2.16. The van der Waals surface area contributed by atoms with Crippen LogP contribution in [0.15, 0.2) is 0 Å². The Kier molecular flexibility index (Phi) is 3.44. The van der Waals surface area contributed by atoms with Crippen molar-refractivity contribution in [3.8, 4) is 0 Å². The van der Waals surface area contributed by atoms with Crippen LogP contribution < -0.4 is 5.73 Å². The van der Waals surface area contributed by atoms with Gasteiger partial charge in [0.1, 0.15) is 0 Å². The molecule has 0 aliphatic heterocycles. The number of nitrogens with one attached hydrogen (secondary N) is 1. The molecule has 0 saturated carbocycles. The normalized spacial score (nSPS) is 13.4. The summed E-state index contributed by atoms with van der Waals surface area (Å²) in [6.07, 6.45) is 0.940. The Morgan fingerprint density at radius 2 is 2.25 bits per heavy atom. The van der Waals surface area contributed by atoms with Crippen LogP contribution in [0.5, 0.6) is 0 Å². The van der Waals surface area contributed by atoms with Gasteiger partial charge < -0.3 is 11.1 Å². The van der Waals surface area contributed by atoms with Gasteiger partial charge in [0.15, 0.2) is 0 Å². The van der Waals surface area contributed by atoms with Gasteiger partial charge in [0.25, 0.3) is 0 Å². The van der Waals surface area contributed by atoms with Crippen molar-refractivity contribution in [2.45, 2.75) is 20.3 Å². The van der Waals surface area contributed by atoms with Gasteiger partial charge in [-0.05, 0) is 25.8 Å². The summed E-state index contributed by atoms with van der Waals surface area (Å²) in [7, 11) is 0. The van der Waals surface area contributed by atoms with E-state index in [0.29, 0.717) is 12.5 Å². The summed E-state index contributed by atoms with van der Waals surface area (Å²) in [5.41, 5.74) is 6.00. The van der Waals surface area contributed by atoms with E-state index in [1.54, 1.807) is 0 Å². The van der Waals surface area contributed by atoms with Crippen molar-refractivity contribution < 1.29 is 0 Å². The molecule has 1 unspecified atom stereocenters. The summed E-state index contributed by atoms with van der Waals surface area (Å²) in [4.78, 5) is 0. The van der Waals surface area contributed by atoms with Gasteiger partial charge in [-0.1, -0.05) is 6.92 Å². The molecule has 2 heteroatoms. The third kappa shape index (κ3) is 2.75. The molecule has 0 spiro atoms. The Bertz CT molecular complexity index is 78.6. The van der Waals surface area contributed by atoms with E-state index in [1.807, 2.05) is 13.8 Å². The first-order valence-electron chi connectivity index (χ1n) is 2.93. The lowest BCUT2D eigenvalue weighted by Crippen LogP contribution is -2.11. The van der Waals surface area contributed by atoms with Crippen LogP contribution in [0.4, 0.5) is 0 Å². The topological polar surface area (TPSA) is 49.9 Å². The van der Waals surface area contributed by atoms with Gasteiger partial charge in [0, 0.05) is 5.71 Å². The van der Waals surface area contributed by atoms with Crippen LogP contribution in [0, 0.1) is 11.3 Å². The molecule has 0 aromatic heterocycles. The van der Waals surface area contributed by atoms with Crippen LogP contribution in [0.2, 0.25) is 0 Å². The lowest BCUT2D eigenvalue weighted by molar-refractivity contribution is 0.687. The molecule has 0 fully saturated rings. The van der Waals surface area contributed by atoms with Gasteiger partial charge in [-0.25, -0.2) is 0 Å². The Balaban J connectivity index is 3.32. The van der Waals surface area contributed by atoms with Crippen molar-refractivity contribution in [3.63, 3.8) is 0 Å². The summed E-state index contributed by atoms with van der Waals surface area (Å²) in [6.45, 7) is 4.53. The summed E-state index contributed by atoms with van der Waals surface area (Å²) < 4.78 is 0. The Labute approximate surface area is 50.6 Å². The van der Waals surface area contributed by atoms with Gasteiger partial charge in [-0.2, -0.15) is 0 Å². The number of rotatable bonds is 3. The monoisotopic (exact) mass is 114 g/mol. The molecule has 0 radical (unpaired) electrons. The first-order valence-corrected chi connectivity index (χ1v) is 2.93.